The number of carboxylic acid groups (broad SMARTS) is 1. The summed E-state index contributed by atoms with van der Waals surface area (Å²) in [4.78, 5) is 21.5. The van der Waals surface area contributed by atoms with E-state index in [0.29, 0.717) is 15.6 Å². The van der Waals surface area contributed by atoms with E-state index < -0.39 is 11.9 Å². The van der Waals surface area contributed by atoms with Gasteiger partial charge in [0.2, 0.25) is 0 Å². The van der Waals surface area contributed by atoms with Gasteiger partial charge in [-0.2, -0.15) is 0 Å². The highest BCUT2D eigenvalue weighted by molar-refractivity contribution is 9.10. The van der Waals surface area contributed by atoms with Crippen LogP contribution in [0.25, 0.3) is 6.08 Å². The van der Waals surface area contributed by atoms with Crippen LogP contribution in [0.2, 0.25) is 0 Å². The first-order valence-electron chi connectivity index (χ1n) is 4.33. The van der Waals surface area contributed by atoms with Crippen molar-refractivity contribution in [2.75, 3.05) is 7.11 Å². The minimum atomic E-state index is -1.02. The van der Waals surface area contributed by atoms with Crippen LogP contribution >= 0.6 is 15.9 Å². The Kier molecular flexibility index (Phi) is 4.25. The van der Waals surface area contributed by atoms with Crippen molar-refractivity contribution in [3.63, 3.8) is 0 Å². The maximum atomic E-state index is 11.2. The third kappa shape index (κ3) is 3.20. The van der Waals surface area contributed by atoms with Crippen LogP contribution in [-0.4, -0.2) is 24.2 Å². The first-order valence-corrected chi connectivity index (χ1v) is 5.12. The number of esters is 1. The van der Waals surface area contributed by atoms with Crippen molar-refractivity contribution >= 4 is 33.9 Å². The van der Waals surface area contributed by atoms with Crippen molar-refractivity contribution in [1.82, 2.24) is 0 Å². The maximum absolute atomic E-state index is 11.2. The van der Waals surface area contributed by atoms with E-state index in [1.54, 1.807) is 18.2 Å². The van der Waals surface area contributed by atoms with E-state index in [0.717, 1.165) is 6.08 Å². The Morgan fingerprint density at radius 1 is 1.44 bits per heavy atom. The minimum absolute atomic E-state index is 0.404. The number of halogens is 1. The molecule has 5 heteroatoms. The summed E-state index contributed by atoms with van der Waals surface area (Å²) in [6.07, 6.45) is 2.46. The maximum Gasteiger partial charge on any atom is 0.337 e. The topological polar surface area (TPSA) is 63.6 Å². The molecule has 0 aromatic heterocycles. The summed E-state index contributed by atoms with van der Waals surface area (Å²) in [5.41, 5.74) is 1.08. The molecule has 0 spiro atoms. The predicted octanol–water partition coefficient (Wildman–Crippen LogP) is 2.33. The fourth-order valence-electron chi connectivity index (χ4n) is 1.07. The fraction of sp³-hybridized carbons (Fsp3) is 0.0909. The standard InChI is InChI=1S/C11H9BrO4/c1-16-11(15)8-3-2-7(9(12)6-8)4-5-10(13)14/h2-6H,1H3,(H,13,14). The molecule has 0 saturated heterocycles. The van der Waals surface area contributed by atoms with Gasteiger partial charge in [-0.3, -0.25) is 0 Å². The summed E-state index contributed by atoms with van der Waals surface area (Å²) in [5, 5.41) is 8.47. The number of methoxy groups -OCH3 is 1. The monoisotopic (exact) mass is 284 g/mol. The predicted molar refractivity (Wildman–Crippen MR) is 62.2 cm³/mol. The van der Waals surface area contributed by atoms with Crippen LogP contribution in [0.4, 0.5) is 0 Å². The Hall–Kier alpha value is -1.62. The normalized spacial score (nSPS) is 10.4. The molecule has 1 aromatic carbocycles. The molecule has 1 aromatic rings. The number of carbonyl (C=O) groups excluding carboxylic acids is 1. The molecular weight excluding hydrogens is 276 g/mol. The van der Waals surface area contributed by atoms with Crippen molar-refractivity contribution in [2.45, 2.75) is 0 Å². The van der Waals surface area contributed by atoms with Crippen LogP contribution in [0.5, 0.6) is 0 Å². The molecule has 1 N–H and O–H groups in total. The van der Waals surface area contributed by atoms with Gasteiger partial charge in [-0.05, 0) is 23.8 Å². The Labute approximate surface area is 101 Å². The van der Waals surface area contributed by atoms with Gasteiger partial charge >= 0.3 is 11.9 Å². The summed E-state index contributed by atoms with van der Waals surface area (Å²) >= 11 is 3.24. The zero-order valence-corrected chi connectivity index (χ0v) is 10.0. The van der Waals surface area contributed by atoms with Crippen molar-refractivity contribution in [3.8, 4) is 0 Å². The van der Waals surface area contributed by atoms with Gasteiger partial charge in [0.25, 0.3) is 0 Å². The van der Waals surface area contributed by atoms with Gasteiger partial charge in [0, 0.05) is 10.5 Å². The van der Waals surface area contributed by atoms with Crippen LogP contribution in [0.1, 0.15) is 15.9 Å². The summed E-state index contributed by atoms with van der Waals surface area (Å²) in [7, 11) is 1.30. The molecule has 1 rings (SSSR count). The first-order chi connectivity index (χ1) is 7.54. The van der Waals surface area contributed by atoms with Crippen molar-refractivity contribution < 1.29 is 19.4 Å². The number of benzene rings is 1. The summed E-state index contributed by atoms with van der Waals surface area (Å²) in [5.74, 6) is -1.46. The van der Waals surface area contributed by atoms with Gasteiger partial charge in [-0.1, -0.05) is 22.0 Å². The number of aliphatic carboxylic acids is 1. The van der Waals surface area contributed by atoms with Gasteiger partial charge in [0.15, 0.2) is 0 Å². The molecule has 0 aliphatic carbocycles. The van der Waals surface area contributed by atoms with Crippen molar-refractivity contribution in [2.24, 2.45) is 0 Å². The fourth-order valence-corrected chi connectivity index (χ4v) is 1.58. The third-order valence-corrected chi connectivity index (χ3v) is 2.51. The lowest BCUT2D eigenvalue weighted by Crippen LogP contribution is -2.00. The molecule has 0 amide bonds. The van der Waals surface area contributed by atoms with Gasteiger partial charge in [0.05, 0.1) is 12.7 Å². The van der Waals surface area contributed by atoms with E-state index in [1.807, 2.05) is 0 Å². The van der Waals surface area contributed by atoms with Gasteiger partial charge in [0.1, 0.15) is 0 Å². The number of hydrogen-bond donors (Lipinski definition) is 1. The molecular formula is C11H9BrO4. The molecule has 0 saturated carbocycles. The van der Waals surface area contributed by atoms with Crippen LogP contribution in [0, 0.1) is 0 Å². The minimum Gasteiger partial charge on any atom is -0.478 e. The van der Waals surface area contributed by atoms with Crippen molar-refractivity contribution in [3.05, 3.63) is 39.9 Å². The Morgan fingerprint density at radius 2 is 2.12 bits per heavy atom. The van der Waals surface area contributed by atoms with Crippen LogP contribution in [0.3, 0.4) is 0 Å². The average molecular weight is 285 g/mol. The second-order valence-corrected chi connectivity index (χ2v) is 3.75. The van der Waals surface area contributed by atoms with Gasteiger partial charge < -0.3 is 9.84 Å². The van der Waals surface area contributed by atoms with Crippen LogP contribution in [-0.2, 0) is 9.53 Å². The second-order valence-electron chi connectivity index (χ2n) is 2.90. The van der Waals surface area contributed by atoms with E-state index in [2.05, 4.69) is 20.7 Å². The smallest absolute Gasteiger partial charge is 0.337 e. The summed E-state index contributed by atoms with van der Waals surface area (Å²) in [6.45, 7) is 0. The van der Waals surface area contributed by atoms with Crippen LogP contribution in [0.15, 0.2) is 28.7 Å². The average Bonchev–Trinajstić information content (AvgIpc) is 2.26. The second kappa shape index (κ2) is 5.46. The lowest BCUT2D eigenvalue weighted by molar-refractivity contribution is -0.131. The van der Waals surface area contributed by atoms with Gasteiger partial charge in [-0.25, -0.2) is 9.59 Å². The molecule has 0 atom stereocenters. The molecule has 0 aliphatic heterocycles. The lowest BCUT2D eigenvalue weighted by atomic mass is 10.1. The molecule has 0 bridgehead atoms. The lowest BCUT2D eigenvalue weighted by Gasteiger charge is -2.02. The van der Waals surface area contributed by atoms with E-state index in [1.165, 1.54) is 13.2 Å². The number of ether oxygens (including phenoxy) is 1. The first kappa shape index (κ1) is 12.4. The third-order valence-electron chi connectivity index (χ3n) is 1.83. The number of carboxylic acids is 1. The van der Waals surface area contributed by atoms with Crippen molar-refractivity contribution in [1.29, 1.82) is 0 Å². The number of hydrogen-bond acceptors (Lipinski definition) is 3. The molecule has 0 radical (unpaired) electrons. The Morgan fingerprint density at radius 3 is 2.62 bits per heavy atom. The molecule has 0 heterocycles. The zero-order chi connectivity index (χ0) is 12.1. The quantitative estimate of drug-likeness (QED) is 0.684. The highest BCUT2D eigenvalue weighted by Crippen LogP contribution is 2.20. The highest BCUT2D eigenvalue weighted by Gasteiger charge is 2.07. The SMILES string of the molecule is COC(=O)c1ccc(C=CC(=O)O)c(Br)c1. The number of carbonyl (C=O) groups is 2. The Bertz CT molecular complexity index is 451. The van der Waals surface area contributed by atoms with Crippen LogP contribution < -0.4 is 0 Å². The molecule has 0 fully saturated rings. The summed E-state index contributed by atoms with van der Waals surface area (Å²) < 4.78 is 5.19. The van der Waals surface area contributed by atoms with E-state index >= 15 is 0 Å². The van der Waals surface area contributed by atoms with E-state index in [-0.39, 0.29) is 0 Å². The van der Waals surface area contributed by atoms with E-state index in [4.69, 9.17) is 5.11 Å². The molecule has 0 unspecified atom stereocenters. The molecule has 4 nitrogen and oxygen atoms in total. The molecule has 84 valence electrons. The summed E-state index contributed by atoms with van der Waals surface area (Å²) in [6, 6.07) is 4.78. The largest absolute Gasteiger partial charge is 0.478 e. The number of rotatable bonds is 3. The van der Waals surface area contributed by atoms with Gasteiger partial charge in [-0.15, -0.1) is 0 Å². The Balaban J connectivity index is 3.00. The zero-order valence-electron chi connectivity index (χ0n) is 8.44. The highest BCUT2D eigenvalue weighted by atomic mass is 79.9. The van der Waals surface area contributed by atoms with E-state index in [9.17, 15) is 9.59 Å². The molecule has 16 heavy (non-hydrogen) atoms. The molecule has 0 aliphatic rings.